The maximum atomic E-state index is 13.5. The summed E-state index contributed by atoms with van der Waals surface area (Å²) in [5.41, 5.74) is -0.111. The fraction of sp³-hybridized carbons (Fsp3) is 0.188. The van der Waals surface area contributed by atoms with Gasteiger partial charge in [-0.2, -0.15) is 0 Å². The van der Waals surface area contributed by atoms with E-state index in [4.69, 9.17) is 4.74 Å². The maximum Gasteiger partial charge on any atom is 0.163 e. The van der Waals surface area contributed by atoms with Crippen molar-refractivity contribution in [2.45, 2.75) is 13.0 Å². The van der Waals surface area contributed by atoms with Crippen molar-refractivity contribution in [1.29, 1.82) is 0 Å². The zero-order valence-corrected chi connectivity index (χ0v) is 11.6. The van der Waals surface area contributed by atoms with Crippen LogP contribution in [-0.2, 0) is 0 Å². The Labute approximate surface area is 125 Å². The molecular weight excluding hydrogens is 297 g/mol. The van der Waals surface area contributed by atoms with E-state index in [0.717, 1.165) is 24.3 Å². The molecule has 2 aromatic carbocycles. The molecule has 0 radical (unpaired) electrons. The number of hydrogen-bond acceptors (Lipinski definition) is 3. The van der Waals surface area contributed by atoms with Crippen molar-refractivity contribution in [3.8, 4) is 5.75 Å². The van der Waals surface area contributed by atoms with Crippen molar-refractivity contribution in [3.05, 3.63) is 65.0 Å². The molecule has 116 valence electrons. The highest BCUT2D eigenvalue weighted by Gasteiger charge is 2.16. The largest absolute Gasteiger partial charge is 0.490 e. The lowest BCUT2D eigenvalue weighted by atomic mass is 10.1. The molecule has 22 heavy (non-hydrogen) atoms. The third-order valence-electron chi connectivity index (χ3n) is 3.04. The molecule has 2 rings (SSSR count). The van der Waals surface area contributed by atoms with Gasteiger partial charge in [-0.25, -0.2) is 13.2 Å². The van der Waals surface area contributed by atoms with Crippen LogP contribution in [0.4, 0.5) is 13.2 Å². The quantitative estimate of drug-likeness (QED) is 0.861. The molecule has 0 spiro atoms. The Morgan fingerprint density at radius 1 is 1.14 bits per heavy atom. The lowest BCUT2D eigenvalue weighted by molar-refractivity contribution is 0.0966. The average molecular weight is 310 g/mol. The molecule has 0 aliphatic carbocycles. The van der Waals surface area contributed by atoms with Gasteiger partial charge in [0.1, 0.15) is 35.9 Å². The van der Waals surface area contributed by atoms with E-state index in [1.54, 1.807) is 0 Å². The van der Waals surface area contributed by atoms with Crippen LogP contribution in [0, 0.1) is 17.5 Å². The number of ether oxygens (including phenoxy) is 1. The lowest BCUT2D eigenvalue weighted by Crippen LogP contribution is -2.13. The van der Waals surface area contributed by atoms with Crippen LogP contribution in [0.15, 0.2) is 36.4 Å². The molecule has 0 amide bonds. The maximum absolute atomic E-state index is 13.5. The number of hydrogen-bond donors (Lipinski definition) is 1. The molecule has 1 N–H and O–H groups in total. The average Bonchev–Trinajstić information content (AvgIpc) is 2.45. The molecule has 0 saturated carbocycles. The molecule has 0 aliphatic rings. The van der Waals surface area contributed by atoms with Crippen molar-refractivity contribution in [3.63, 3.8) is 0 Å². The van der Waals surface area contributed by atoms with Gasteiger partial charge in [0.15, 0.2) is 5.78 Å². The summed E-state index contributed by atoms with van der Waals surface area (Å²) in [6, 6.07) is 6.14. The third-order valence-corrected chi connectivity index (χ3v) is 3.04. The minimum absolute atomic E-state index is 0.0202. The van der Waals surface area contributed by atoms with Gasteiger partial charge in [-0.15, -0.1) is 0 Å². The summed E-state index contributed by atoms with van der Waals surface area (Å²) >= 11 is 0. The zero-order chi connectivity index (χ0) is 16.3. The SMILES string of the molecule is CC(=O)c1cc(F)ccc1OCC(O)c1ccc(F)cc1F. The van der Waals surface area contributed by atoms with Crippen LogP contribution >= 0.6 is 0 Å². The normalized spacial score (nSPS) is 12.0. The Kier molecular flexibility index (Phi) is 4.82. The van der Waals surface area contributed by atoms with Crippen molar-refractivity contribution < 1.29 is 27.8 Å². The number of carbonyl (C=O) groups is 1. The van der Waals surface area contributed by atoms with Crippen molar-refractivity contribution >= 4 is 5.78 Å². The first-order valence-electron chi connectivity index (χ1n) is 6.45. The van der Waals surface area contributed by atoms with Gasteiger partial charge >= 0.3 is 0 Å². The molecule has 6 heteroatoms. The molecule has 0 bridgehead atoms. The van der Waals surface area contributed by atoms with Gasteiger partial charge in [-0.3, -0.25) is 4.79 Å². The first kappa shape index (κ1) is 16.0. The number of carbonyl (C=O) groups excluding carboxylic acids is 1. The second kappa shape index (κ2) is 6.62. The number of ketones is 1. The van der Waals surface area contributed by atoms with Gasteiger partial charge in [0.25, 0.3) is 0 Å². The van der Waals surface area contributed by atoms with Crippen molar-refractivity contribution in [1.82, 2.24) is 0 Å². The molecule has 3 nitrogen and oxygen atoms in total. The number of rotatable bonds is 5. The number of benzene rings is 2. The summed E-state index contributed by atoms with van der Waals surface area (Å²) in [5.74, 6) is -2.58. The van der Waals surface area contributed by atoms with E-state index in [1.165, 1.54) is 13.0 Å². The highest BCUT2D eigenvalue weighted by Crippen LogP contribution is 2.23. The molecule has 2 aromatic rings. The third kappa shape index (κ3) is 3.65. The van der Waals surface area contributed by atoms with E-state index < -0.39 is 29.3 Å². The van der Waals surface area contributed by atoms with E-state index in [0.29, 0.717) is 6.07 Å². The molecule has 0 aliphatic heterocycles. The van der Waals surface area contributed by atoms with E-state index in [-0.39, 0.29) is 23.5 Å². The molecule has 0 heterocycles. The minimum atomic E-state index is -1.36. The minimum Gasteiger partial charge on any atom is -0.490 e. The number of aliphatic hydroxyl groups is 1. The van der Waals surface area contributed by atoms with Crippen LogP contribution in [0.25, 0.3) is 0 Å². The number of aliphatic hydroxyl groups excluding tert-OH is 1. The Bertz CT molecular complexity index is 701. The molecule has 0 fully saturated rings. The summed E-state index contributed by atoms with van der Waals surface area (Å²) in [6.45, 7) is 0.881. The van der Waals surface area contributed by atoms with Crippen LogP contribution in [-0.4, -0.2) is 17.5 Å². The second-order valence-electron chi connectivity index (χ2n) is 4.69. The van der Waals surface area contributed by atoms with E-state index >= 15 is 0 Å². The molecular formula is C16H13F3O3. The van der Waals surface area contributed by atoms with Gasteiger partial charge in [-0.05, 0) is 31.2 Å². The molecule has 1 unspecified atom stereocenters. The van der Waals surface area contributed by atoms with Gasteiger partial charge in [0, 0.05) is 11.6 Å². The highest BCUT2D eigenvalue weighted by atomic mass is 19.1. The summed E-state index contributed by atoms with van der Waals surface area (Å²) in [6.07, 6.45) is -1.36. The van der Waals surface area contributed by atoms with Gasteiger partial charge in [-0.1, -0.05) is 6.07 Å². The van der Waals surface area contributed by atoms with Crippen molar-refractivity contribution in [2.75, 3.05) is 6.61 Å². The second-order valence-corrected chi connectivity index (χ2v) is 4.69. The fourth-order valence-corrected chi connectivity index (χ4v) is 1.93. The first-order chi connectivity index (χ1) is 10.4. The highest BCUT2D eigenvalue weighted by molar-refractivity contribution is 5.96. The van der Waals surface area contributed by atoms with Crippen LogP contribution < -0.4 is 4.74 Å². The monoisotopic (exact) mass is 310 g/mol. The number of halogens is 3. The zero-order valence-electron chi connectivity index (χ0n) is 11.6. The van der Waals surface area contributed by atoms with E-state index in [2.05, 4.69) is 0 Å². The van der Waals surface area contributed by atoms with Crippen LogP contribution in [0.2, 0.25) is 0 Å². The lowest BCUT2D eigenvalue weighted by Gasteiger charge is -2.15. The van der Waals surface area contributed by atoms with Gasteiger partial charge in [0.05, 0.1) is 5.56 Å². The van der Waals surface area contributed by atoms with Crippen molar-refractivity contribution in [2.24, 2.45) is 0 Å². The standard InChI is InChI=1S/C16H13F3O3/c1-9(20)13-6-10(17)3-5-16(13)22-8-15(21)12-4-2-11(18)7-14(12)19/h2-7,15,21H,8H2,1H3. The Morgan fingerprint density at radius 3 is 2.41 bits per heavy atom. The summed E-state index contributed by atoms with van der Waals surface area (Å²) in [5, 5.41) is 9.89. The topological polar surface area (TPSA) is 46.5 Å². The van der Waals surface area contributed by atoms with E-state index in [1.807, 2.05) is 0 Å². The Morgan fingerprint density at radius 2 is 1.77 bits per heavy atom. The predicted molar refractivity (Wildman–Crippen MR) is 73.2 cm³/mol. The number of Topliss-reactive ketones (excluding diaryl/α,β-unsaturated/α-hetero) is 1. The summed E-state index contributed by atoms with van der Waals surface area (Å²) < 4.78 is 44.7. The summed E-state index contributed by atoms with van der Waals surface area (Å²) in [4.78, 5) is 11.4. The van der Waals surface area contributed by atoms with Gasteiger partial charge in [0.2, 0.25) is 0 Å². The van der Waals surface area contributed by atoms with Crippen LogP contribution in [0.3, 0.4) is 0 Å². The predicted octanol–water partition coefficient (Wildman–Crippen LogP) is 3.42. The van der Waals surface area contributed by atoms with Crippen LogP contribution in [0.5, 0.6) is 5.75 Å². The fourth-order valence-electron chi connectivity index (χ4n) is 1.93. The smallest absolute Gasteiger partial charge is 0.163 e. The van der Waals surface area contributed by atoms with E-state index in [9.17, 15) is 23.1 Å². The first-order valence-corrected chi connectivity index (χ1v) is 6.45. The Hall–Kier alpha value is -2.34. The Balaban J connectivity index is 2.14. The summed E-state index contributed by atoms with van der Waals surface area (Å²) in [7, 11) is 0. The molecule has 0 aromatic heterocycles. The van der Waals surface area contributed by atoms with Gasteiger partial charge < -0.3 is 9.84 Å². The van der Waals surface area contributed by atoms with Crippen LogP contribution in [0.1, 0.15) is 28.9 Å². The molecule has 0 saturated heterocycles. The molecule has 1 atom stereocenters.